The van der Waals surface area contributed by atoms with Gasteiger partial charge < -0.3 is 14.6 Å². The number of halogens is 5. The van der Waals surface area contributed by atoms with Crippen molar-refractivity contribution in [3.8, 4) is 5.75 Å². The summed E-state index contributed by atoms with van der Waals surface area (Å²) < 4.78 is 47.8. The van der Waals surface area contributed by atoms with E-state index in [2.05, 4.69) is 20.7 Å². The minimum Gasteiger partial charge on any atom is -0.471 e. The number of hydrogen-bond acceptors (Lipinski definition) is 3. The Bertz CT molecular complexity index is 600. The first kappa shape index (κ1) is 15.0. The van der Waals surface area contributed by atoms with Gasteiger partial charge in [0.2, 0.25) is 0 Å². The molecule has 2 rings (SSSR count). The predicted molar refractivity (Wildman–Crippen MR) is 66.7 cm³/mol. The van der Waals surface area contributed by atoms with Crippen LogP contribution in [0.15, 0.2) is 22.4 Å². The topological polar surface area (TPSA) is 55.8 Å². The Labute approximate surface area is 123 Å². The smallest absolute Gasteiger partial charge is 0.471 e. The largest absolute Gasteiger partial charge is 0.511 e. The minimum atomic E-state index is -4.82. The summed E-state index contributed by atoms with van der Waals surface area (Å²) in [6.45, 7) is 0. The third kappa shape index (κ3) is 3.01. The molecule has 0 spiro atoms. The van der Waals surface area contributed by atoms with Gasteiger partial charge in [-0.3, -0.25) is 0 Å². The minimum absolute atomic E-state index is 0.0885. The molecule has 108 valence electrons. The molecule has 0 saturated carbocycles. The van der Waals surface area contributed by atoms with Crippen molar-refractivity contribution in [1.29, 1.82) is 0 Å². The third-order valence-corrected chi connectivity index (χ3v) is 3.14. The second-order valence-electron chi connectivity index (χ2n) is 3.76. The summed E-state index contributed by atoms with van der Waals surface area (Å²) in [7, 11) is 0. The van der Waals surface area contributed by atoms with Gasteiger partial charge in [0, 0.05) is 10.6 Å². The monoisotopic (exact) mass is 372 g/mol. The lowest BCUT2D eigenvalue weighted by atomic mass is 10.1. The van der Waals surface area contributed by atoms with Gasteiger partial charge >= 0.3 is 12.3 Å². The summed E-state index contributed by atoms with van der Waals surface area (Å²) in [5.41, 5.74) is 0.182. The van der Waals surface area contributed by atoms with Gasteiger partial charge in [0.05, 0.1) is 4.47 Å². The molecule has 1 unspecified atom stereocenters. The van der Waals surface area contributed by atoms with Crippen LogP contribution in [-0.4, -0.2) is 23.5 Å². The molecule has 0 aliphatic carbocycles. The molecular weight excluding hydrogens is 368 g/mol. The van der Waals surface area contributed by atoms with E-state index in [1.165, 1.54) is 12.1 Å². The molecule has 1 atom stereocenters. The maximum absolute atomic E-state index is 12.9. The predicted octanol–water partition coefficient (Wildman–Crippen LogP) is 4.46. The van der Waals surface area contributed by atoms with Gasteiger partial charge in [0.1, 0.15) is 5.75 Å². The van der Waals surface area contributed by atoms with E-state index in [1.807, 2.05) is 0 Å². The fourth-order valence-corrected chi connectivity index (χ4v) is 2.56. The van der Waals surface area contributed by atoms with Crippen molar-refractivity contribution in [2.45, 2.75) is 12.3 Å². The highest BCUT2D eigenvalue weighted by Gasteiger charge is 2.48. The van der Waals surface area contributed by atoms with Crippen LogP contribution in [0.3, 0.4) is 0 Å². The Balaban J connectivity index is 2.53. The molecule has 0 fully saturated rings. The lowest BCUT2D eigenvalue weighted by Gasteiger charge is -2.28. The Kier molecular flexibility index (Phi) is 3.88. The van der Waals surface area contributed by atoms with E-state index in [1.54, 1.807) is 0 Å². The van der Waals surface area contributed by atoms with Gasteiger partial charge in [-0.25, -0.2) is 4.79 Å². The average molecular weight is 374 g/mol. The summed E-state index contributed by atoms with van der Waals surface area (Å²) >= 11 is 8.80. The zero-order valence-corrected chi connectivity index (χ0v) is 11.7. The number of fused-ring (bicyclic) bond motifs is 1. The molecule has 0 saturated heterocycles. The van der Waals surface area contributed by atoms with Gasteiger partial charge in [0.25, 0.3) is 6.10 Å². The van der Waals surface area contributed by atoms with E-state index in [0.29, 0.717) is 0 Å². The van der Waals surface area contributed by atoms with Crippen molar-refractivity contribution in [1.82, 2.24) is 0 Å². The number of alkyl halides is 3. The lowest BCUT2D eigenvalue weighted by Crippen LogP contribution is -2.39. The number of benzene rings is 1. The van der Waals surface area contributed by atoms with Crippen LogP contribution in [-0.2, 0) is 4.74 Å². The van der Waals surface area contributed by atoms with E-state index >= 15 is 0 Å². The van der Waals surface area contributed by atoms with E-state index in [0.717, 1.165) is 6.08 Å². The maximum Gasteiger partial charge on any atom is 0.511 e. The number of carbonyl (C=O) groups is 1. The summed E-state index contributed by atoms with van der Waals surface area (Å²) in [6.07, 6.45) is -8.25. The zero-order chi connectivity index (χ0) is 15.1. The van der Waals surface area contributed by atoms with Crippen LogP contribution in [0.2, 0.25) is 5.02 Å². The first-order valence-electron chi connectivity index (χ1n) is 5.03. The molecule has 0 aromatic heterocycles. The van der Waals surface area contributed by atoms with Gasteiger partial charge in [-0.1, -0.05) is 11.6 Å². The summed E-state index contributed by atoms with van der Waals surface area (Å²) in [5.74, 6) is -0.957. The second-order valence-corrected chi connectivity index (χ2v) is 5.05. The van der Waals surface area contributed by atoms with Gasteiger partial charge in [-0.2, -0.15) is 13.2 Å². The third-order valence-electron chi connectivity index (χ3n) is 2.33. The Morgan fingerprint density at radius 3 is 2.65 bits per heavy atom. The summed E-state index contributed by atoms with van der Waals surface area (Å²) in [6, 6.07) is 2.70. The molecule has 1 aromatic rings. The van der Waals surface area contributed by atoms with Gasteiger partial charge in [0.15, 0.2) is 5.76 Å². The van der Waals surface area contributed by atoms with Crippen molar-refractivity contribution in [2.75, 3.05) is 0 Å². The molecule has 20 heavy (non-hydrogen) atoms. The number of hydrogen-bond donors (Lipinski definition) is 1. The van der Waals surface area contributed by atoms with Crippen LogP contribution in [0.5, 0.6) is 5.75 Å². The standard InChI is InChI=1S/C11H5BrClF3O4/c12-6-3-5(13)1-4-2-7(19-10(17)18)9(11(14,15)16)20-8(4)6/h1-3,9H,(H,17,18). The van der Waals surface area contributed by atoms with E-state index in [4.69, 9.17) is 21.4 Å². The number of rotatable bonds is 1. The van der Waals surface area contributed by atoms with Crippen LogP contribution >= 0.6 is 27.5 Å². The second kappa shape index (κ2) is 5.17. The van der Waals surface area contributed by atoms with Crippen molar-refractivity contribution in [2.24, 2.45) is 0 Å². The van der Waals surface area contributed by atoms with Crippen LogP contribution in [0.25, 0.3) is 6.08 Å². The maximum atomic E-state index is 12.9. The zero-order valence-electron chi connectivity index (χ0n) is 9.37. The molecule has 4 nitrogen and oxygen atoms in total. The fourth-order valence-electron chi connectivity index (χ4n) is 1.63. The van der Waals surface area contributed by atoms with Crippen molar-refractivity contribution in [3.63, 3.8) is 0 Å². The molecule has 0 radical (unpaired) electrons. The quantitative estimate of drug-likeness (QED) is 0.739. The van der Waals surface area contributed by atoms with Crippen LogP contribution < -0.4 is 4.74 Å². The van der Waals surface area contributed by atoms with Crippen molar-refractivity contribution < 1.29 is 32.5 Å². The highest BCUT2D eigenvalue weighted by molar-refractivity contribution is 9.10. The van der Waals surface area contributed by atoms with Crippen LogP contribution in [0, 0.1) is 0 Å². The van der Waals surface area contributed by atoms with Crippen LogP contribution in [0.4, 0.5) is 18.0 Å². The molecule has 1 aromatic carbocycles. The van der Waals surface area contributed by atoms with E-state index in [-0.39, 0.29) is 20.8 Å². The lowest BCUT2D eigenvalue weighted by molar-refractivity contribution is -0.191. The van der Waals surface area contributed by atoms with E-state index in [9.17, 15) is 18.0 Å². The first-order chi connectivity index (χ1) is 9.18. The molecule has 1 aliphatic rings. The molecule has 0 bridgehead atoms. The number of ether oxygens (including phenoxy) is 2. The van der Waals surface area contributed by atoms with Crippen molar-refractivity contribution >= 4 is 39.8 Å². The van der Waals surface area contributed by atoms with E-state index < -0.39 is 24.2 Å². The molecular formula is C11H5BrClF3O4. The number of carboxylic acid groups (broad SMARTS) is 1. The normalized spacial score (nSPS) is 17.9. The Morgan fingerprint density at radius 1 is 1.45 bits per heavy atom. The SMILES string of the molecule is O=C(O)OC1=Cc2cc(Cl)cc(Br)c2OC1C(F)(F)F. The van der Waals surface area contributed by atoms with Gasteiger partial charge in [-0.15, -0.1) is 0 Å². The highest BCUT2D eigenvalue weighted by Crippen LogP contribution is 2.42. The summed E-state index contributed by atoms with van der Waals surface area (Å²) in [5, 5.41) is 8.73. The van der Waals surface area contributed by atoms with Gasteiger partial charge in [-0.05, 0) is 34.1 Å². The average Bonchev–Trinajstić information content (AvgIpc) is 2.25. The Hall–Kier alpha value is -1.41. The molecule has 9 heteroatoms. The van der Waals surface area contributed by atoms with Crippen molar-refractivity contribution in [3.05, 3.63) is 33.0 Å². The molecule has 1 heterocycles. The molecule has 1 N–H and O–H groups in total. The Morgan fingerprint density at radius 2 is 2.10 bits per heavy atom. The molecule has 0 amide bonds. The fraction of sp³-hybridized carbons (Fsp3) is 0.182. The first-order valence-corrected chi connectivity index (χ1v) is 6.20. The highest BCUT2D eigenvalue weighted by atomic mass is 79.9. The van der Waals surface area contributed by atoms with Crippen LogP contribution in [0.1, 0.15) is 5.56 Å². The summed E-state index contributed by atoms with van der Waals surface area (Å²) in [4.78, 5) is 10.5. The molecule has 1 aliphatic heterocycles.